The number of fused-ring (bicyclic) bond motifs is 1. The Hall–Kier alpha value is -2.14. The molecule has 11 heteroatoms. The van der Waals surface area contributed by atoms with Crippen LogP contribution in [0, 0.1) is 0 Å². The quantitative estimate of drug-likeness (QED) is 0.406. The number of carbonyl (C=O) groups excluding carboxylic acids is 3. The van der Waals surface area contributed by atoms with E-state index in [0.29, 0.717) is 5.02 Å². The van der Waals surface area contributed by atoms with E-state index in [1.54, 1.807) is 11.3 Å². The zero-order valence-electron chi connectivity index (χ0n) is 15.5. The van der Waals surface area contributed by atoms with Crippen molar-refractivity contribution < 1.29 is 14.4 Å². The third-order valence-electron chi connectivity index (χ3n) is 4.25. The van der Waals surface area contributed by atoms with E-state index in [0.717, 1.165) is 42.3 Å². The molecule has 1 aromatic carbocycles. The molecule has 0 spiro atoms. The summed E-state index contributed by atoms with van der Waals surface area (Å²) < 4.78 is 0.922. The molecule has 0 bridgehead atoms. The number of nitrogens with zero attached hydrogens (tertiary/aromatic N) is 3. The first-order valence-electron chi connectivity index (χ1n) is 8.88. The fourth-order valence-electron chi connectivity index (χ4n) is 2.78. The molecule has 7 nitrogen and oxygen atoms in total. The summed E-state index contributed by atoms with van der Waals surface area (Å²) in [5.41, 5.74) is 1.87. The third-order valence-corrected chi connectivity index (χ3v) is 7.65. The van der Waals surface area contributed by atoms with Crippen molar-refractivity contribution in [3.8, 4) is 10.4 Å². The van der Waals surface area contributed by atoms with Gasteiger partial charge < -0.3 is 5.32 Å². The van der Waals surface area contributed by atoms with E-state index < -0.39 is 0 Å². The predicted octanol–water partition coefficient (Wildman–Crippen LogP) is 3.92. The van der Waals surface area contributed by atoms with E-state index in [-0.39, 0.29) is 41.6 Å². The summed E-state index contributed by atoms with van der Waals surface area (Å²) in [5, 5.41) is 3.89. The highest BCUT2D eigenvalue weighted by molar-refractivity contribution is 8.14. The topological polar surface area (TPSA) is 92.3 Å². The third kappa shape index (κ3) is 4.77. The lowest BCUT2D eigenvalue weighted by Gasteiger charge is -2.12. The molecule has 1 fully saturated rings. The fourth-order valence-corrected chi connectivity index (χ4v) is 5.69. The molecule has 0 radical (unpaired) electrons. The number of aromatic nitrogens is 2. The molecule has 30 heavy (non-hydrogen) atoms. The molecule has 4 rings (SSSR count). The van der Waals surface area contributed by atoms with Crippen LogP contribution in [0.4, 0.5) is 4.79 Å². The minimum Gasteiger partial charge on any atom is -0.354 e. The van der Waals surface area contributed by atoms with Gasteiger partial charge in [0, 0.05) is 23.0 Å². The SMILES string of the molecule is O=C(CSc1ncnc2cc(-c3ccc(Cl)cc3)sc12)NCCN1C(=O)CSC1=O. The van der Waals surface area contributed by atoms with Gasteiger partial charge >= 0.3 is 0 Å². The smallest absolute Gasteiger partial charge is 0.288 e. The maximum Gasteiger partial charge on any atom is 0.288 e. The van der Waals surface area contributed by atoms with E-state index in [1.807, 2.05) is 30.3 Å². The maximum atomic E-state index is 12.2. The number of imide groups is 1. The van der Waals surface area contributed by atoms with Crippen LogP contribution in [0.15, 0.2) is 41.7 Å². The van der Waals surface area contributed by atoms with Crippen molar-refractivity contribution in [2.24, 2.45) is 0 Å². The number of benzene rings is 1. The lowest BCUT2D eigenvalue weighted by Crippen LogP contribution is -2.38. The maximum absolute atomic E-state index is 12.2. The second-order valence-electron chi connectivity index (χ2n) is 6.25. The largest absolute Gasteiger partial charge is 0.354 e. The molecule has 1 saturated heterocycles. The number of hydrogen-bond donors (Lipinski definition) is 1. The Morgan fingerprint density at radius 3 is 2.77 bits per heavy atom. The van der Waals surface area contributed by atoms with Crippen LogP contribution in [-0.2, 0) is 9.59 Å². The van der Waals surface area contributed by atoms with Crippen molar-refractivity contribution in [2.75, 3.05) is 24.6 Å². The lowest BCUT2D eigenvalue weighted by molar-refractivity contribution is -0.125. The first-order chi connectivity index (χ1) is 14.5. The highest BCUT2D eigenvalue weighted by Crippen LogP contribution is 2.37. The molecule has 1 aliphatic heterocycles. The number of hydrogen-bond acceptors (Lipinski definition) is 8. The Balaban J connectivity index is 1.36. The van der Waals surface area contributed by atoms with Crippen LogP contribution in [0.3, 0.4) is 0 Å². The molecule has 3 amide bonds. The van der Waals surface area contributed by atoms with Gasteiger partial charge in [-0.3, -0.25) is 19.3 Å². The van der Waals surface area contributed by atoms with E-state index in [4.69, 9.17) is 11.6 Å². The molecule has 3 aromatic rings. The average Bonchev–Trinajstić information content (AvgIpc) is 3.31. The monoisotopic (exact) mass is 478 g/mol. The van der Waals surface area contributed by atoms with Gasteiger partial charge in [-0.25, -0.2) is 9.97 Å². The van der Waals surface area contributed by atoms with Gasteiger partial charge in [0.05, 0.1) is 21.7 Å². The van der Waals surface area contributed by atoms with Crippen LogP contribution in [0.25, 0.3) is 20.7 Å². The summed E-state index contributed by atoms with van der Waals surface area (Å²) >= 11 is 9.84. The summed E-state index contributed by atoms with van der Waals surface area (Å²) in [7, 11) is 0. The van der Waals surface area contributed by atoms with Gasteiger partial charge in [-0.1, -0.05) is 47.3 Å². The molecule has 1 aliphatic rings. The summed E-state index contributed by atoms with van der Waals surface area (Å²) in [4.78, 5) is 46.1. The predicted molar refractivity (Wildman–Crippen MR) is 121 cm³/mol. The second kappa shape index (κ2) is 9.34. The molecule has 0 aliphatic carbocycles. The standard InChI is InChI=1S/C19H15ClN4O3S3/c20-12-3-1-11(2-4-12)14-7-13-17(30-14)18(23-10-22-13)28-8-15(25)21-5-6-24-16(26)9-29-19(24)27/h1-4,7,10H,5-6,8-9H2,(H,21,25). The van der Waals surface area contributed by atoms with E-state index in [2.05, 4.69) is 15.3 Å². The van der Waals surface area contributed by atoms with Gasteiger partial charge in [0.25, 0.3) is 5.24 Å². The van der Waals surface area contributed by atoms with Gasteiger partial charge in [0.1, 0.15) is 11.4 Å². The zero-order valence-corrected chi connectivity index (χ0v) is 18.7. The highest BCUT2D eigenvalue weighted by atomic mass is 35.5. The van der Waals surface area contributed by atoms with E-state index in [1.165, 1.54) is 18.1 Å². The van der Waals surface area contributed by atoms with Crippen molar-refractivity contribution in [3.05, 3.63) is 41.7 Å². The molecular formula is C19H15ClN4O3S3. The van der Waals surface area contributed by atoms with Gasteiger partial charge in [-0.2, -0.15) is 0 Å². The number of carbonyl (C=O) groups is 3. The van der Waals surface area contributed by atoms with Crippen LogP contribution in [0.2, 0.25) is 5.02 Å². The molecule has 1 N–H and O–H groups in total. The molecule has 154 valence electrons. The Morgan fingerprint density at radius 2 is 2.03 bits per heavy atom. The molecule has 0 atom stereocenters. The van der Waals surface area contributed by atoms with Gasteiger partial charge in [-0.15, -0.1) is 11.3 Å². The number of thioether (sulfide) groups is 2. The minimum absolute atomic E-state index is 0.172. The number of nitrogens with one attached hydrogen (secondary N) is 1. The molecule has 2 aromatic heterocycles. The minimum atomic E-state index is -0.263. The Bertz CT molecular complexity index is 1100. The zero-order chi connectivity index (χ0) is 21.1. The number of halogens is 1. The van der Waals surface area contributed by atoms with Crippen LogP contribution >= 0.6 is 46.5 Å². The van der Waals surface area contributed by atoms with E-state index in [9.17, 15) is 14.4 Å². The second-order valence-corrected chi connectivity index (χ2v) is 9.63. The average molecular weight is 479 g/mol. The number of amides is 3. The van der Waals surface area contributed by atoms with Gasteiger partial charge in [0.15, 0.2) is 0 Å². The number of thiophene rings is 1. The molecule has 0 unspecified atom stereocenters. The van der Waals surface area contributed by atoms with Crippen molar-refractivity contribution in [1.29, 1.82) is 0 Å². The van der Waals surface area contributed by atoms with Crippen LogP contribution < -0.4 is 5.32 Å². The summed E-state index contributed by atoms with van der Waals surface area (Å²) in [5.74, 6) is -0.0542. The summed E-state index contributed by atoms with van der Waals surface area (Å²) in [6.07, 6.45) is 1.49. The highest BCUT2D eigenvalue weighted by Gasteiger charge is 2.29. The van der Waals surface area contributed by atoms with Crippen molar-refractivity contribution in [1.82, 2.24) is 20.2 Å². The number of rotatable bonds is 7. The van der Waals surface area contributed by atoms with Gasteiger partial charge in [-0.05, 0) is 23.8 Å². The van der Waals surface area contributed by atoms with Crippen LogP contribution in [0.1, 0.15) is 0 Å². The Kier molecular flexibility index (Phi) is 6.57. The van der Waals surface area contributed by atoms with Crippen LogP contribution in [-0.4, -0.2) is 56.5 Å². The molecular weight excluding hydrogens is 464 g/mol. The van der Waals surface area contributed by atoms with Gasteiger partial charge in [0.2, 0.25) is 11.8 Å². The summed E-state index contributed by atoms with van der Waals surface area (Å²) in [6, 6.07) is 9.59. The Morgan fingerprint density at radius 1 is 1.23 bits per heavy atom. The first-order valence-corrected chi connectivity index (χ1v) is 12.0. The normalized spacial score (nSPS) is 14.0. The van der Waals surface area contributed by atoms with Crippen molar-refractivity contribution >= 4 is 73.7 Å². The molecule has 3 heterocycles. The summed E-state index contributed by atoms with van der Waals surface area (Å²) in [6.45, 7) is 0.421. The fraction of sp³-hybridized carbons (Fsp3) is 0.211. The van der Waals surface area contributed by atoms with Crippen molar-refractivity contribution in [3.63, 3.8) is 0 Å². The Labute approximate surface area is 189 Å². The first kappa shape index (κ1) is 21.1. The van der Waals surface area contributed by atoms with Crippen molar-refractivity contribution in [2.45, 2.75) is 5.03 Å². The lowest BCUT2D eigenvalue weighted by atomic mass is 10.2. The molecule has 0 saturated carbocycles. The van der Waals surface area contributed by atoms with E-state index >= 15 is 0 Å². The van der Waals surface area contributed by atoms with Crippen LogP contribution in [0.5, 0.6) is 0 Å².